The van der Waals surface area contributed by atoms with E-state index in [1.165, 1.54) is 0 Å². The highest BCUT2D eigenvalue weighted by Gasteiger charge is 2.12. The monoisotopic (exact) mass is 280 g/mol. The predicted octanol–water partition coefficient (Wildman–Crippen LogP) is -0.643. The van der Waals surface area contributed by atoms with Crippen LogP contribution in [0.25, 0.3) is 0 Å². The summed E-state index contributed by atoms with van der Waals surface area (Å²) in [6.07, 6.45) is -0.0339. The molecule has 1 aromatic rings. The molecule has 0 spiro atoms. The van der Waals surface area contributed by atoms with E-state index in [4.69, 9.17) is 18.0 Å². The molecule has 7 heteroatoms. The molecule has 0 aromatic heterocycles. The number of hydrogen-bond donors (Lipinski definition) is 3. The minimum atomic E-state index is -1.33. The predicted molar refractivity (Wildman–Crippen MR) is 73.0 cm³/mol. The molecule has 1 atom stereocenters. The van der Waals surface area contributed by atoms with Gasteiger partial charge in [0.15, 0.2) is 5.11 Å². The Hall–Kier alpha value is -2.15. The molecule has 6 nitrogen and oxygen atoms in total. The van der Waals surface area contributed by atoms with Crippen LogP contribution < -0.4 is 21.5 Å². The Labute approximate surface area is 116 Å². The first-order valence-corrected chi connectivity index (χ1v) is 6.01. The van der Waals surface area contributed by atoms with Crippen LogP contribution in [0.2, 0.25) is 0 Å². The number of carboxylic acid groups (broad SMARTS) is 1. The Morgan fingerprint density at radius 3 is 2.47 bits per heavy atom. The zero-order valence-electron chi connectivity index (χ0n) is 10.1. The van der Waals surface area contributed by atoms with Crippen molar-refractivity contribution in [2.45, 2.75) is 18.9 Å². The van der Waals surface area contributed by atoms with Gasteiger partial charge in [-0.25, -0.2) is 0 Å². The van der Waals surface area contributed by atoms with E-state index in [1.54, 1.807) is 12.1 Å². The van der Waals surface area contributed by atoms with Gasteiger partial charge in [-0.3, -0.25) is 4.79 Å². The number of para-hydroxylation sites is 1. The number of nitrogens with two attached hydrogens (primary N) is 1. The molecule has 4 N–H and O–H groups in total. The van der Waals surface area contributed by atoms with E-state index in [0.29, 0.717) is 0 Å². The number of primary amides is 1. The molecule has 0 fully saturated rings. The molecule has 1 amide bonds. The Morgan fingerprint density at radius 1 is 1.32 bits per heavy atom. The summed E-state index contributed by atoms with van der Waals surface area (Å²) in [7, 11) is 0. The van der Waals surface area contributed by atoms with Crippen molar-refractivity contribution in [1.29, 1.82) is 0 Å². The van der Waals surface area contributed by atoms with Gasteiger partial charge in [-0.1, -0.05) is 18.2 Å². The van der Waals surface area contributed by atoms with Gasteiger partial charge in [0.25, 0.3) is 0 Å². The number of anilines is 1. The minimum Gasteiger partial charge on any atom is -0.548 e. The maximum Gasteiger partial charge on any atom is 0.217 e. The van der Waals surface area contributed by atoms with E-state index >= 15 is 0 Å². The van der Waals surface area contributed by atoms with Gasteiger partial charge in [-0.15, -0.1) is 0 Å². The van der Waals surface area contributed by atoms with Gasteiger partial charge in [0.2, 0.25) is 5.91 Å². The second-order valence-electron chi connectivity index (χ2n) is 3.84. The molecule has 0 saturated carbocycles. The number of rotatable bonds is 6. The second-order valence-corrected chi connectivity index (χ2v) is 4.25. The zero-order valence-corrected chi connectivity index (χ0v) is 10.9. The molecule has 0 aliphatic rings. The Kier molecular flexibility index (Phi) is 5.74. The van der Waals surface area contributed by atoms with Crippen LogP contribution in [-0.4, -0.2) is 23.0 Å². The quantitative estimate of drug-likeness (QED) is 0.598. The number of hydrogen-bond acceptors (Lipinski definition) is 4. The number of nitrogens with one attached hydrogen (secondary N) is 2. The SMILES string of the molecule is NC(=O)CC[C@@H](NC(=S)Nc1ccccc1)C(=O)[O-]. The van der Waals surface area contributed by atoms with Crippen LogP contribution in [0.3, 0.4) is 0 Å². The van der Waals surface area contributed by atoms with Crippen LogP contribution in [0.15, 0.2) is 30.3 Å². The summed E-state index contributed by atoms with van der Waals surface area (Å²) < 4.78 is 0. The normalized spacial score (nSPS) is 11.4. The third-order valence-electron chi connectivity index (χ3n) is 2.30. The fourth-order valence-electron chi connectivity index (χ4n) is 1.38. The Morgan fingerprint density at radius 2 is 1.95 bits per heavy atom. The second kappa shape index (κ2) is 7.32. The number of carbonyl (C=O) groups is 2. The lowest BCUT2D eigenvalue weighted by atomic mass is 10.1. The van der Waals surface area contributed by atoms with E-state index in [2.05, 4.69) is 10.6 Å². The molecular weight excluding hydrogens is 266 g/mol. The number of benzene rings is 1. The van der Waals surface area contributed by atoms with Gasteiger partial charge < -0.3 is 26.3 Å². The maximum atomic E-state index is 10.9. The average Bonchev–Trinajstić information content (AvgIpc) is 2.35. The summed E-state index contributed by atoms with van der Waals surface area (Å²) in [5, 5.41) is 16.4. The molecule has 0 unspecified atom stereocenters. The van der Waals surface area contributed by atoms with E-state index in [1.807, 2.05) is 18.2 Å². The summed E-state index contributed by atoms with van der Waals surface area (Å²) >= 11 is 4.98. The van der Waals surface area contributed by atoms with Gasteiger partial charge in [0.05, 0.1) is 12.0 Å². The fourth-order valence-corrected chi connectivity index (χ4v) is 1.64. The summed E-state index contributed by atoms with van der Waals surface area (Å²) in [6, 6.07) is 7.98. The van der Waals surface area contributed by atoms with Crippen LogP contribution in [0.5, 0.6) is 0 Å². The molecule has 102 valence electrons. The van der Waals surface area contributed by atoms with Crippen molar-refractivity contribution >= 4 is 34.9 Å². The van der Waals surface area contributed by atoms with E-state index in [9.17, 15) is 14.7 Å². The third kappa shape index (κ3) is 5.82. The van der Waals surface area contributed by atoms with Crippen molar-refractivity contribution in [1.82, 2.24) is 5.32 Å². The number of aliphatic carboxylic acids is 1. The lowest BCUT2D eigenvalue weighted by Crippen LogP contribution is -2.49. The van der Waals surface area contributed by atoms with Crippen molar-refractivity contribution in [3.05, 3.63) is 30.3 Å². The minimum absolute atomic E-state index is 0.0221. The summed E-state index contributed by atoms with van der Waals surface area (Å²) in [5.41, 5.74) is 5.70. The molecule has 0 aliphatic carbocycles. The largest absolute Gasteiger partial charge is 0.548 e. The van der Waals surface area contributed by atoms with E-state index < -0.39 is 17.9 Å². The Balaban J connectivity index is 2.52. The first-order chi connectivity index (χ1) is 8.99. The van der Waals surface area contributed by atoms with Gasteiger partial charge in [-0.05, 0) is 30.8 Å². The van der Waals surface area contributed by atoms with E-state index in [0.717, 1.165) is 5.69 Å². The maximum absolute atomic E-state index is 10.9. The molecule has 1 aromatic carbocycles. The third-order valence-corrected chi connectivity index (χ3v) is 2.52. The highest BCUT2D eigenvalue weighted by molar-refractivity contribution is 7.80. The molecule has 0 aliphatic heterocycles. The molecule has 0 heterocycles. The first-order valence-electron chi connectivity index (χ1n) is 5.61. The molecule has 0 saturated heterocycles. The zero-order chi connectivity index (χ0) is 14.3. The van der Waals surface area contributed by atoms with Crippen LogP contribution in [0, 0.1) is 0 Å². The van der Waals surface area contributed by atoms with Crippen molar-refractivity contribution in [2.75, 3.05) is 5.32 Å². The van der Waals surface area contributed by atoms with E-state index in [-0.39, 0.29) is 18.0 Å². The summed E-state index contributed by atoms with van der Waals surface area (Å²) in [6.45, 7) is 0. The lowest BCUT2D eigenvalue weighted by Gasteiger charge is -2.21. The van der Waals surface area contributed by atoms with Gasteiger partial charge in [-0.2, -0.15) is 0 Å². The fraction of sp³-hybridized carbons (Fsp3) is 0.250. The number of amides is 1. The number of thiocarbonyl (C=S) groups is 1. The Bertz CT molecular complexity index is 465. The van der Waals surface area contributed by atoms with Crippen molar-refractivity contribution in [3.8, 4) is 0 Å². The standard InChI is InChI=1S/C12H15N3O3S/c13-10(16)7-6-9(11(17)18)15-12(19)14-8-4-2-1-3-5-8/h1-5,9H,6-7H2,(H2,13,16)(H,17,18)(H2,14,15,19)/p-1/t9-/m1/s1. The lowest BCUT2D eigenvalue weighted by molar-refractivity contribution is -0.308. The molecule has 0 radical (unpaired) electrons. The molecular formula is C12H14N3O3S-. The number of carboxylic acids is 1. The number of carbonyl (C=O) groups excluding carboxylic acids is 2. The molecule has 1 rings (SSSR count). The van der Waals surface area contributed by atoms with Crippen LogP contribution in [0.1, 0.15) is 12.8 Å². The van der Waals surface area contributed by atoms with Gasteiger partial charge in [0.1, 0.15) is 0 Å². The van der Waals surface area contributed by atoms with Crippen molar-refractivity contribution in [2.24, 2.45) is 5.73 Å². The topological polar surface area (TPSA) is 107 Å². The highest BCUT2D eigenvalue weighted by Crippen LogP contribution is 2.05. The van der Waals surface area contributed by atoms with Crippen LogP contribution in [-0.2, 0) is 9.59 Å². The van der Waals surface area contributed by atoms with Crippen LogP contribution in [0.4, 0.5) is 5.69 Å². The average molecular weight is 280 g/mol. The van der Waals surface area contributed by atoms with Crippen molar-refractivity contribution in [3.63, 3.8) is 0 Å². The first kappa shape index (κ1) is 14.9. The summed E-state index contributed by atoms with van der Waals surface area (Å²) in [5.74, 6) is -1.91. The smallest absolute Gasteiger partial charge is 0.217 e. The molecule has 0 bridgehead atoms. The van der Waals surface area contributed by atoms with Gasteiger partial charge in [0, 0.05) is 12.1 Å². The van der Waals surface area contributed by atoms with Gasteiger partial charge >= 0.3 is 0 Å². The van der Waals surface area contributed by atoms with Crippen LogP contribution >= 0.6 is 12.2 Å². The molecule has 19 heavy (non-hydrogen) atoms. The van der Waals surface area contributed by atoms with Crippen molar-refractivity contribution < 1.29 is 14.7 Å². The highest BCUT2D eigenvalue weighted by atomic mass is 32.1. The summed E-state index contributed by atoms with van der Waals surface area (Å²) in [4.78, 5) is 21.5.